The van der Waals surface area contributed by atoms with Crippen molar-refractivity contribution in [3.8, 4) is 0 Å². The number of nitrogens with zero attached hydrogens (tertiary/aromatic N) is 2. The van der Waals surface area contributed by atoms with Crippen LogP contribution in [0.4, 0.5) is 0 Å². The second-order valence-electron chi connectivity index (χ2n) is 7.28. The van der Waals surface area contributed by atoms with Gasteiger partial charge < -0.3 is 14.6 Å². The van der Waals surface area contributed by atoms with E-state index in [1.165, 1.54) is 6.42 Å². The highest BCUT2D eigenvalue weighted by Crippen LogP contribution is 2.39. The second-order valence-corrected chi connectivity index (χ2v) is 8.20. The summed E-state index contributed by atoms with van der Waals surface area (Å²) in [6.45, 7) is 1.76. The number of fused-ring (bicyclic) bond motifs is 2. The fraction of sp³-hybridized carbons (Fsp3) is 0.526. The summed E-state index contributed by atoms with van der Waals surface area (Å²) in [4.78, 5) is 14.7. The highest BCUT2D eigenvalue weighted by atomic mass is 79.9. The Bertz CT molecular complexity index is 772. The fourth-order valence-corrected chi connectivity index (χ4v) is 4.73. The Labute approximate surface area is 150 Å². The van der Waals surface area contributed by atoms with Crippen molar-refractivity contribution in [3.63, 3.8) is 0 Å². The van der Waals surface area contributed by atoms with Gasteiger partial charge in [-0.15, -0.1) is 0 Å². The molecule has 128 valence electrons. The first-order chi connectivity index (χ1) is 11.5. The topological polar surface area (TPSA) is 45.5 Å². The van der Waals surface area contributed by atoms with Gasteiger partial charge in [0, 0.05) is 40.6 Å². The first-order valence-corrected chi connectivity index (χ1v) is 9.59. The average molecular weight is 391 g/mol. The second kappa shape index (κ2) is 6.19. The molecule has 24 heavy (non-hydrogen) atoms. The van der Waals surface area contributed by atoms with Gasteiger partial charge in [-0.05, 0) is 43.5 Å². The van der Waals surface area contributed by atoms with Crippen LogP contribution in [0.3, 0.4) is 0 Å². The van der Waals surface area contributed by atoms with E-state index in [9.17, 15) is 9.90 Å². The zero-order chi connectivity index (χ0) is 16.7. The summed E-state index contributed by atoms with van der Waals surface area (Å²) in [6, 6.07) is 8.16. The van der Waals surface area contributed by atoms with Crippen LogP contribution in [0.25, 0.3) is 10.9 Å². The number of carbonyl (C=O) groups excluding carboxylic acids is 1. The normalized spacial score (nSPS) is 27.2. The number of hydrogen-bond donors (Lipinski definition) is 1. The maximum Gasteiger partial charge on any atom is 0.242 e. The van der Waals surface area contributed by atoms with E-state index in [1.54, 1.807) is 0 Å². The summed E-state index contributed by atoms with van der Waals surface area (Å²) in [5.74, 6) is 0.407. The minimum absolute atomic E-state index is 0.156. The molecule has 2 atom stereocenters. The van der Waals surface area contributed by atoms with Crippen LogP contribution < -0.4 is 0 Å². The summed E-state index contributed by atoms with van der Waals surface area (Å²) in [7, 11) is 0. The van der Waals surface area contributed by atoms with Crippen molar-refractivity contribution in [2.24, 2.45) is 5.92 Å². The maximum atomic E-state index is 12.8. The summed E-state index contributed by atoms with van der Waals surface area (Å²) in [5, 5.41) is 11.9. The van der Waals surface area contributed by atoms with E-state index in [2.05, 4.69) is 22.0 Å². The molecule has 0 radical (unpaired) electrons. The van der Waals surface area contributed by atoms with E-state index < -0.39 is 5.60 Å². The van der Waals surface area contributed by atoms with E-state index in [1.807, 2.05) is 33.9 Å². The molecule has 4 nitrogen and oxygen atoms in total. The highest BCUT2D eigenvalue weighted by Gasteiger charge is 2.43. The molecule has 0 unspecified atom stereocenters. The molecule has 2 fully saturated rings. The molecule has 0 spiro atoms. The smallest absolute Gasteiger partial charge is 0.242 e. The van der Waals surface area contributed by atoms with Crippen LogP contribution in [-0.2, 0) is 11.3 Å². The predicted octanol–water partition coefficient (Wildman–Crippen LogP) is 3.56. The first kappa shape index (κ1) is 16.2. The average Bonchev–Trinajstić information content (AvgIpc) is 2.95. The van der Waals surface area contributed by atoms with Crippen molar-refractivity contribution in [3.05, 3.63) is 34.9 Å². The van der Waals surface area contributed by atoms with Gasteiger partial charge in [-0.25, -0.2) is 0 Å². The molecule has 1 saturated heterocycles. The van der Waals surface area contributed by atoms with Crippen molar-refractivity contribution < 1.29 is 9.90 Å². The molecule has 1 aromatic carbocycles. The molecule has 5 heteroatoms. The lowest BCUT2D eigenvalue weighted by atomic mass is 9.71. The molecular formula is C19H23BrN2O2. The fourth-order valence-electron chi connectivity index (χ4n) is 4.35. The van der Waals surface area contributed by atoms with E-state index in [0.29, 0.717) is 19.6 Å². The summed E-state index contributed by atoms with van der Waals surface area (Å²) in [6.07, 6.45) is 6.94. The molecule has 1 aliphatic carbocycles. The summed E-state index contributed by atoms with van der Waals surface area (Å²) in [5.41, 5.74) is 0.555. The van der Waals surface area contributed by atoms with Gasteiger partial charge in [-0.2, -0.15) is 0 Å². The minimum Gasteiger partial charge on any atom is -0.389 e. The predicted molar refractivity (Wildman–Crippen MR) is 97.7 cm³/mol. The van der Waals surface area contributed by atoms with E-state index in [4.69, 9.17) is 0 Å². The Morgan fingerprint density at radius 1 is 1.29 bits per heavy atom. The summed E-state index contributed by atoms with van der Waals surface area (Å²) < 4.78 is 3.07. The van der Waals surface area contributed by atoms with Gasteiger partial charge in [-0.3, -0.25) is 4.79 Å². The van der Waals surface area contributed by atoms with Crippen molar-refractivity contribution >= 4 is 32.7 Å². The summed E-state index contributed by atoms with van der Waals surface area (Å²) >= 11 is 3.48. The van der Waals surface area contributed by atoms with Gasteiger partial charge in [0.1, 0.15) is 6.54 Å². The van der Waals surface area contributed by atoms with Crippen LogP contribution in [-0.4, -0.2) is 39.2 Å². The van der Waals surface area contributed by atoms with Gasteiger partial charge >= 0.3 is 0 Å². The standard InChI is InChI=1S/C19H23BrN2O2/c20-16-4-5-17-14(11-16)6-9-21(17)13-18(23)22-10-8-19(24)7-2-1-3-15(19)12-22/h4-6,9,11,15,24H,1-3,7-8,10,12-13H2/t15-,19+/m1/s1. The third-order valence-corrected chi connectivity index (χ3v) is 6.31. The van der Waals surface area contributed by atoms with Crippen LogP contribution in [0.15, 0.2) is 34.9 Å². The molecule has 2 aliphatic rings. The molecule has 1 aliphatic heterocycles. The maximum absolute atomic E-state index is 12.8. The molecule has 1 aromatic heterocycles. The molecule has 4 rings (SSSR count). The Hall–Kier alpha value is -1.33. The van der Waals surface area contributed by atoms with Gasteiger partial charge in [0.25, 0.3) is 0 Å². The third-order valence-electron chi connectivity index (χ3n) is 5.82. The van der Waals surface area contributed by atoms with E-state index in [-0.39, 0.29) is 11.8 Å². The first-order valence-electron chi connectivity index (χ1n) is 8.80. The van der Waals surface area contributed by atoms with E-state index >= 15 is 0 Å². The molecular weight excluding hydrogens is 368 g/mol. The number of piperidine rings is 1. The Morgan fingerprint density at radius 2 is 2.17 bits per heavy atom. The highest BCUT2D eigenvalue weighted by molar-refractivity contribution is 9.10. The van der Waals surface area contributed by atoms with Crippen LogP contribution in [0.2, 0.25) is 0 Å². The van der Waals surface area contributed by atoms with Crippen LogP contribution >= 0.6 is 15.9 Å². The van der Waals surface area contributed by atoms with E-state index in [0.717, 1.165) is 41.1 Å². The van der Waals surface area contributed by atoms with Gasteiger partial charge in [0.05, 0.1) is 5.60 Å². The molecule has 2 heterocycles. The molecule has 0 bridgehead atoms. The zero-order valence-electron chi connectivity index (χ0n) is 13.7. The quantitative estimate of drug-likeness (QED) is 0.851. The van der Waals surface area contributed by atoms with Crippen LogP contribution in [0, 0.1) is 5.92 Å². The van der Waals surface area contributed by atoms with Gasteiger partial charge in [-0.1, -0.05) is 28.8 Å². The largest absolute Gasteiger partial charge is 0.389 e. The van der Waals surface area contributed by atoms with Crippen molar-refractivity contribution in [1.82, 2.24) is 9.47 Å². The number of halogens is 1. The SMILES string of the molecule is O=C(Cn1ccc2cc(Br)ccc21)N1CC[C@@]2(O)CCCC[C@@H]2C1. The lowest BCUT2D eigenvalue weighted by molar-refractivity contribution is -0.143. The molecule has 1 N–H and O–H groups in total. The van der Waals surface area contributed by atoms with Crippen molar-refractivity contribution in [2.75, 3.05) is 13.1 Å². The Kier molecular flexibility index (Phi) is 4.17. The van der Waals surface area contributed by atoms with Crippen LogP contribution in [0.1, 0.15) is 32.1 Å². The Balaban J connectivity index is 1.48. The lowest BCUT2D eigenvalue weighted by Crippen LogP contribution is -2.55. The molecule has 1 amide bonds. The van der Waals surface area contributed by atoms with Crippen molar-refractivity contribution in [2.45, 2.75) is 44.2 Å². The van der Waals surface area contributed by atoms with Gasteiger partial charge in [0.15, 0.2) is 0 Å². The monoisotopic (exact) mass is 390 g/mol. The minimum atomic E-state index is -0.526. The van der Waals surface area contributed by atoms with Crippen LogP contribution in [0.5, 0.6) is 0 Å². The number of rotatable bonds is 2. The van der Waals surface area contributed by atoms with Gasteiger partial charge in [0.2, 0.25) is 5.91 Å². The zero-order valence-corrected chi connectivity index (χ0v) is 15.3. The third kappa shape index (κ3) is 2.88. The molecule has 1 saturated carbocycles. The lowest BCUT2D eigenvalue weighted by Gasteiger charge is -2.47. The number of amides is 1. The molecule has 2 aromatic rings. The number of hydrogen-bond acceptors (Lipinski definition) is 2. The number of aliphatic hydroxyl groups is 1. The number of likely N-dealkylation sites (tertiary alicyclic amines) is 1. The Morgan fingerprint density at radius 3 is 3.04 bits per heavy atom. The number of aromatic nitrogens is 1. The number of carbonyl (C=O) groups is 1. The number of benzene rings is 1. The van der Waals surface area contributed by atoms with Crippen molar-refractivity contribution in [1.29, 1.82) is 0 Å².